The largest absolute Gasteiger partial charge is 0.380 e. The van der Waals surface area contributed by atoms with Crippen LogP contribution in [0.5, 0.6) is 0 Å². The first-order chi connectivity index (χ1) is 9.25. The van der Waals surface area contributed by atoms with E-state index in [0.29, 0.717) is 5.71 Å². The average Bonchev–Trinajstić information content (AvgIpc) is 2.76. The fraction of sp³-hybridized carbons (Fsp3) is 0. The zero-order valence-electron chi connectivity index (χ0n) is 9.91. The second-order valence-corrected chi connectivity index (χ2v) is 3.92. The first-order valence-electron chi connectivity index (χ1n) is 5.60. The van der Waals surface area contributed by atoms with E-state index < -0.39 is 0 Å². The molecule has 1 aromatic heterocycles. The Morgan fingerprint density at radius 3 is 2.58 bits per heavy atom. The summed E-state index contributed by atoms with van der Waals surface area (Å²) in [5.74, 6) is 0.395. The van der Waals surface area contributed by atoms with Crippen molar-refractivity contribution >= 4 is 34.0 Å². The van der Waals surface area contributed by atoms with Crippen LogP contribution in [0.2, 0.25) is 0 Å². The number of nitrogens with two attached hydrogens (primary N) is 2. The number of benzene rings is 1. The maximum Gasteiger partial charge on any atom is 0.177 e. The topological polar surface area (TPSA) is 114 Å². The minimum Gasteiger partial charge on any atom is -0.380 e. The van der Waals surface area contributed by atoms with Gasteiger partial charge in [-0.2, -0.15) is 5.10 Å². The highest BCUT2D eigenvalue weighted by molar-refractivity contribution is 6.68. The van der Waals surface area contributed by atoms with E-state index in [0.717, 1.165) is 16.6 Å². The zero-order chi connectivity index (χ0) is 13.2. The summed E-state index contributed by atoms with van der Waals surface area (Å²) >= 11 is 0. The number of hydrogen-bond acceptors (Lipinski definition) is 7. The number of fused-ring (bicyclic) bond motifs is 1. The Hall–Kier alpha value is -2.96. The second-order valence-electron chi connectivity index (χ2n) is 3.92. The van der Waals surface area contributed by atoms with Gasteiger partial charge in [-0.3, -0.25) is 10.4 Å². The van der Waals surface area contributed by atoms with Gasteiger partial charge in [-0.25, -0.2) is 0 Å². The van der Waals surface area contributed by atoms with Gasteiger partial charge in [-0.05, 0) is 24.3 Å². The lowest BCUT2D eigenvalue weighted by molar-refractivity contribution is 1.25. The number of aromatic nitrogens is 1. The lowest BCUT2D eigenvalue weighted by Gasteiger charge is -2.05. The Labute approximate surface area is 108 Å². The van der Waals surface area contributed by atoms with Crippen molar-refractivity contribution in [2.45, 2.75) is 0 Å². The molecule has 19 heavy (non-hydrogen) atoms. The monoisotopic (exact) mass is 253 g/mol. The minimum atomic E-state index is 0.198. The Bertz CT molecular complexity index is 704. The molecular formula is C12H11N7. The molecule has 0 aliphatic carbocycles. The number of hydrazone groups is 1. The molecule has 0 bridgehead atoms. The smallest absolute Gasteiger partial charge is 0.177 e. The van der Waals surface area contributed by atoms with E-state index in [-0.39, 0.29) is 11.7 Å². The van der Waals surface area contributed by atoms with Crippen LogP contribution in [0.15, 0.2) is 51.8 Å². The van der Waals surface area contributed by atoms with E-state index in [1.54, 1.807) is 6.20 Å². The summed E-state index contributed by atoms with van der Waals surface area (Å²) in [5, 5.41) is 12.4. The summed E-state index contributed by atoms with van der Waals surface area (Å²) in [6.45, 7) is 0. The number of rotatable bonds is 2. The van der Waals surface area contributed by atoms with Crippen molar-refractivity contribution in [2.75, 3.05) is 5.43 Å². The van der Waals surface area contributed by atoms with Crippen LogP contribution in [0.1, 0.15) is 0 Å². The molecule has 7 heteroatoms. The molecule has 94 valence electrons. The fourth-order valence-electron chi connectivity index (χ4n) is 1.77. The van der Waals surface area contributed by atoms with Crippen LogP contribution >= 0.6 is 0 Å². The van der Waals surface area contributed by atoms with E-state index in [2.05, 4.69) is 25.7 Å². The highest BCUT2D eigenvalue weighted by Gasteiger charge is 2.16. The SMILES string of the molecule is NC1=NN=C(N)C1=NNc1cccc2ncccc12. The van der Waals surface area contributed by atoms with Crippen LogP contribution in [-0.2, 0) is 0 Å². The number of amidine groups is 2. The minimum absolute atomic E-state index is 0.198. The first kappa shape index (κ1) is 11.1. The van der Waals surface area contributed by atoms with Gasteiger partial charge in [0.2, 0.25) is 0 Å². The summed E-state index contributed by atoms with van der Waals surface area (Å²) < 4.78 is 0. The molecule has 5 N–H and O–H groups in total. The van der Waals surface area contributed by atoms with Gasteiger partial charge < -0.3 is 11.5 Å². The zero-order valence-corrected chi connectivity index (χ0v) is 9.91. The predicted molar refractivity (Wildman–Crippen MR) is 76.0 cm³/mol. The third kappa shape index (κ3) is 1.97. The van der Waals surface area contributed by atoms with Crippen LogP contribution in [0.25, 0.3) is 10.9 Å². The standard InChI is InChI=1S/C12H11N7/c13-11-10(12(14)19-18-11)17-16-9-5-1-4-8-7(9)3-2-6-15-8/h1-6,16H,(H4,13,14,17,18,19). The van der Waals surface area contributed by atoms with E-state index in [9.17, 15) is 0 Å². The van der Waals surface area contributed by atoms with Gasteiger partial charge in [0.05, 0.1) is 11.2 Å². The van der Waals surface area contributed by atoms with Crippen molar-refractivity contribution in [2.24, 2.45) is 26.8 Å². The van der Waals surface area contributed by atoms with Crippen LogP contribution in [0.4, 0.5) is 5.69 Å². The molecule has 0 amide bonds. The second kappa shape index (κ2) is 4.37. The summed E-state index contributed by atoms with van der Waals surface area (Å²) in [4.78, 5) is 4.27. The summed E-state index contributed by atoms with van der Waals surface area (Å²) in [6, 6.07) is 9.52. The molecule has 0 saturated heterocycles. The summed E-state index contributed by atoms with van der Waals surface area (Å²) in [6.07, 6.45) is 1.74. The van der Waals surface area contributed by atoms with Gasteiger partial charge >= 0.3 is 0 Å². The molecule has 0 atom stereocenters. The molecular weight excluding hydrogens is 242 g/mol. The molecule has 1 aromatic carbocycles. The van der Waals surface area contributed by atoms with E-state index in [1.165, 1.54) is 0 Å². The van der Waals surface area contributed by atoms with Gasteiger partial charge in [-0.15, -0.1) is 10.2 Å². The Morgan fingerprint density at radius 1 is 1.00 bits per heavy atom. The number of nitrogens with zero attached hydrogens (tertiary/aromatic N) is 4. The van der Waals surface area contributed by atoms with Gasteiger partial charge in [0.1, 0.15) is 0 Å². The van der Waals surface area contributed by atoms with Gasteiger partial charge in [0.25, 0.3) is 0 Å². The summed E-state index contributed by atoms with van der Waals surface area (Å²) in [7, 11) is 0. The van der Waals surface area contributed by atoms with Gasteiger partial charge in [0.15, 0.2) is 17.4 Å². The highest BCUT2D eigenvalue weighted by Crippen LogP contribution is 2.21. The summed E-state index contributed by atoms with van der Waals surface area (Å²) in [5.41, 5.74) is 16.2. The molecule has 2 heterocycles. The fourth-order valence-corrected chi connectivity index (χ4v) is 1.77. The number of anilines is 1. The van der Waals surface area contributed by atoms with Crippen molar-refractivity contribution in [3.05, 3.63) is 36.5 Å². The molecule has 0 unspecified atom stereocenters. The van der Waals surface area contributed by atoms with Crippen LogP contribution in [0.3, 0.4) is 0 Å². The third-order valence-corrected chi connectivity index (χ3v) is 2.68. The lowest BCUT2D eigenvalue weighted by atomic mass is 10.2. The van der Waals surface area contributed by atoms with E-state index in [1.807, 2.05) is 30.3 Å². The van der Waals surface area contributed by atoms with Crippen LogP contribution < -0.4 is 16.9 Å². The van der Waals surface area contributed by atoms with Crippen LogP contribution in [-0.4, -0.2) is 22.4 Å². The van der Waals surface area contributed by atoms with Gasteiger partial charge in [-0.1, -0.05) is 6.07 Å². The molecule has 0 saturated carbocycles. The number of nitrogens with one attached hydrogen (secondary N) is 1. The highest BCUT2D eigenvalue weighted by atomic mass is 15.4. The quantitative estimate of drug-likeness (QED) is 0.681. The van der Waals surface area contributed by atoms with Crippen LogP contribution in [0, 0.1) is 0 Å². The van der Waals surface area contributed by atoms with Crippen molar-refractivity contribution in [1.29, 1.82) is 0 Å². The van der Waals surface area contributed by atoms with Crippen molar-refractivity contribution in [3.8, 4) is 0 Å². The van der Waals surface area contributed by atoms with E-state index in [4.69, 9.17) is 11.5 Å². The first-order valence-corrected chi connectivity index (χ1v) is 5.60. The Kier molecular flexibility index (Phi) is 2.57. The number of pyridine rings is 1. The molecule has 1 aliphatic rings. The molecule has 3 rings (SSSR count). The molecule has 1 aliphatic heterocycles. The van der Waals surface area contributed by atoms with E-state index >= 15 is 0 Å². The number of hydrogen-bond donors (Lipinski definition) is 3. The maximum atomic E-state index is 5.62. The van der Waals surface area contributed by atoms with Crippen molar-refractivity contribution < 1.29 is 0 Å². The average molecular weight is 253 g/mol. The Balaban J connectivity index is 1.97. The molecule has 0 radical (unpaired) electrons. The maximum absolute atomic E-state index is 5.62. The Morgan fingerprint density at radius 2 is 1.79 bits per heavy atom. The molecule has 7 nitrogen and oxygen atoms in total. The molecule has 2 aromatic rings. The van der Waals surface area contributed by atoms with Gasteiger partial charge in [0, 0.05) is 11.6 Å². The molecule has 0 fully saturated rings. The lowest BCUT2D eigenvalue weighted by Crippen LogP contribution is -2.32. The predicted octanol–water partition coefficient (Wildman–Crippen LogP) is 0.646. The van der Waals surface area contributed by atoms with Crippen molar-refractivity contribution in [1.82, 2.24) is 4.98 Å². The third-order valence-electron chi connectivity index (χ3n) is 2.68. The molecule has 0 spiro atoms. The van der Waals surface area contributed by atoms with Crippen molar-refractivity contribution in [3.63, 3.8) is 0 Å². The normalized spacial score (nSPS) is 14.2.